The molecular formula is C29H32N6O3. The molecule has 2 heterocycles. The second kappa shape index (κ2) is 11.6. The quantitative estimate of drug-likeness (QED) is 0.370. The van der Waals surface area contributed by atoms with Gasteiger partial charge in [0.15, 0.2) is 0 Å². The summed E-state index contributed by atoms with van der Waals surface area (Å²) in [6.45, 7) is 4.64. The minimum Gasteiger partial charge on any atom is -0.508 e. The first-order chi connectivity index (χ1) is 18.5. The van der Waals surface area contributed by atoms with Crippen LogP contribution in [-0.2, 0) is 17.0 Å². The van der Waals surface area contributed by atoms with Gasteiger partial charge in [-0.3, -0.25) is 14.6 Å². The molecule has 3 aromatic rings. The van der Waals surface area contributed by atoms with Crippen molar-refractivity contribution in [2.75, 3.05) is 26.2 Å². The van der Waals surface area contributed by atoms with E-state index >= 15 is 0 Å². The van der Waals surface area contributed by atoms with Gasteiger partial charge >= 0.3 is 5.97 Å². The van der Waals surface area contributed by atoms with Crippen LogP contribution >= 0.6 is 0 Å². The molecule has 0 aromatic heterocycles. The van der Waals surface area contributed by atoms with E-state index in [2.05, 4.69) is 72.9 Å². The van der Waals surface area contributed by atoms with Crippen LogP contribution in [0, 0.1) is 0 Å². The number of nitrogens with zero attached hydrogens (tertiary/aromatic N) is 6. The lowest BCUT2D eigenvalue weighted by atomic mass is 9.91. The minimum atomic E-state index is -0.975. The number of benzene rings is 3. The monoisotopic (exact) mass is 512 g/mol. The van der Waals surface area contributed by atoms with Crippen LogP contribution in [0.3, 0.4) is 0 Å². The highest BCUT2D eigenvalue weighted by atomic mass is 16.4. The second-order valence-corrected chi connectivity index (χ2v) is 9.86. The molecule has 9 nitrogen and oxygen atoms in total. The van der Waals surface area contributed by atoms with Gasteiger partial charge in [0.2, 0.25) is 5.66 Å². The van der Waals surface area contributed by atoms with Crippen molar-refractivity contribution in [2.24, 2.45) is 20.7 Å². The molecule has 2 N–H and O–H groups in total. The Balaban J connectivity index is 1.36. The normalized spacial score (nSPS) is 18.0. The fourth-order valence-corrected chi connectivity index (χ4v) is 5.32. The molecule has 0 amide bonds. The van der Waals surface area contributed by atoms with E-state index in [1.54, 1.807) is 6.07 Å². The zero-order valence-electron chi connectivity index (χ0n) is 21.2. The largest absolute Gasteiger partial charge is 0.508 e. The van der Waals surface area contributed by atoms with Gasteiger partial charge in [-0.1, -0.05) is 66.7 Å². The number of phenols is 1. The summed E-state index contributed by atoms with van der Waals surface area (Å²) in [5, 5.41) is 35.3. The number of aromatic hydroxyl groups is 1. The molecule has 1 fully saturated rings. The van der Waals surface area contributed by atoms with Crippen molar-refractivity contribution in [2.45, 2.75) is 37.5 Å². The lowest BCUT2D eigenvalue weighted by Gasteiger charge is -2.40. The number of rotatable bonds is 10. The number of piperazine rings is 1. The van der Waals surface area contributed by atoms with Gasteiger partial charge in [-0.2, -0.15) is 0 Å². The summed E-state index contributed by atoms with van der Waals surface area (Å²) in [6.07, 6.45) is 0.889. The van der Waals surface area contributed by atoms with Crippen molar-refractivity contribution in [3.05, 3.63) is 101 Å². The van der Waals surface area contributed by atoms with Gasteiger partial charge in [-0.05, 0) is 45.7 Å². The van der Waals surface area contributed by atoms with E-state index in [0.717, 1.165) is 49.4 Å². The van der Waals surface area contributed by atoms with Gasteiger partial charge in [-0.15, -0.1) is 10.2 Å². The molecule has 196 valence electrons. The van der Waals surface area contributed by atoms with E-state index in [9.17, 15) is 9.90 Å². The van der Waals surface area contributed by atoms with Crippen LogP contribution in [0.4, 0.5) is 0 Å². The predicted molar refractivity (Wildman–Crippen MR) is 143 cm³/mol. The molecule has 3 aromatic carbocycles. The van der Waals surface area contributed by atoms with E-state index < -0.39 is 11.6 Å². The van der Waals surface area contributed by atoms with Gasteiger partial charge in [0.05, 0.1) is 6.04 Å². The number of carbonyl (C=O) groups is 1. The summed E-state index contributed by atoms with van der Waals surface area (Å²) in [4.78, 5) is 16.0. The zero-order valence-corrected chi connectivity index (χ0v) is 21.2. The van der Waals surface area contributed by atoms with Crippen LogP contribution < -0.4 is 0 Å². The van der Waals surface area contributed by atoms with Gasteiger partial charge in [-0.25, -0.2) is 0 Å². The molecule has 0 unspecified atom stereocenters. The summed E-state index contributed by atoms with van der Waals surface area (Å²) in [6, 6.07) is 26.1. The molecule has 9 heteroatoms. The Bertz CT molecular complexity index is 1280. The van der Waals surface area contributed by atoms with Crippen LogP contribution in [0.15, 0.2) is 99.5 Å². The van der Waals surface area contributed by atoms with Crippen molar-refractivity contribution in [3.8, 4) is 5.75 Å². The first-order valence-electron chi connectivity index (χ1n) is 13.0. The number of hydrogen-bond donors (Lipinski definition) is 2. The van der Waals surface area contributed by atoms with Crippen LogP contribution in [0.1, 0.15) is 47.6 Å². The molecule has 0 radical (unpaired) electrons. The molecular weight excluding hydrogens is 480 g/mol. The number of aliphatic carboxylic acids is 1. The summed E-state index contributed by atoms with van der Waals surface area (Å²) in [5.41, 5.74) is 3.31. The maximum Gasteiger partial charge on any atom is 0.303 e. The molecule has 0 bridgehead atoms. The molecule has 38 heavy (non-hydrogen) atoms. The smallest absolute Gasteiger partial charge is 0.303 e. The molecule has 5 rings (SSSR count). The van der Waals surface area contributed by atoms with Crippen molar-refractivity contribution >= 4 is 5.97 Å². The Labute approximate surface area is 222 Å². The number of hydrogen-bond acceptors (Lipinski definition) is 8. The van der Waals surface area contributed by atoms with E-state index in [1.807, 2.05) is 30.3 Å². The second-order valence-electron chi connectivity index (χ2n) is 9.86. The van der Waals surface area contributed by atoms with E-state index in [1.165, 1.54) is 5.56 Å². The molecule has 1 atom stereocenters. The Morgan fingerprint density at radius 2 is 1.58 bits per heavy atom. The first-order valence-corrected chi connectivity index (χ1v) is 13.0. The van der Waals surface area contributed by atoms with E-state index in [4.69, 9.17) is 5.11 Å². The average molecular weight is 513 g/mol. The van der Waals surface area contributed by atoms with E-state index in [-0.39, 0.29) is 18.2 Å². The van der Waals surface area contributed by atoms with Crippen LogP contribution in [0.25, 0.3) is 0 Å². The summed E-state index contributed by atoms with van der Waals surface area (Å²) in [7, 11) is 0. The Kier molecular flexibility index (Phi) is 7.86. The van der Waals surface area contributed by atoms with Crippen LogP contribution in [0.5, 0.6) is 5.75 Å². The number of carboxylic acid groups (broad SMARTS) is 1. The van der Waals surface area contributed by atoms with Crippen LogP contribution in [-0.4, -0.2) is 52.2 Å². The highest BCUT2D eigenvalue weighted by Gasteiger charge is 2.36. The minimum absolute atomic E-state index is 0.0233. The molecule has 1 saturated heterocycles. The SMILES string of the molecule is O=C(O)CCCC1(c2ccc([C@H](c3cccc(O)c3)N3CCN(Cc4ccccc4)CC3)cc2)N=NN=N1. The highest BCUT2D eigenvalue weighted by molar-refractivity contribution is 5.66. The molecule has 0 spiro atoms. The van der Waals surface area contributed by atoms with Crippen LogP contribution in [0.2, 0.25) is 0 Å². The fourth-order valence-electron chi connectivity index (χ4n) is 5.32. The maximum absolute atomic E-state index is 11.0. The summed E-state index contributed by atoms with van der Waals surface area (Å²) < 4.78 is 0. The third-order valence-corrected chi connectivity index (χ3v) is 7.27. The van der Waals surface area contributed by atoms with Gasteiger partial charge in [0, 0.05) is 51.1 Å². The average Bonchev–Trinajstić information content (AvgIpc) is 3.41. The Hall–Kier alpha value is -3.95. The van der Waals surface area contributed by atoms with Crippen molar-refractivity contribution in [3.63, 3.8) is 0 Å². The molecule has 2 aliphatic heterocycles. The maximum atomic E-state index is 11.0. The molecule has 0 saturated carbocycles. The lowest BCUT2D eigenvalue weighted by molar-refractivity contribution is -0.137. The summed E-state index contributed by atoms with van der Waals surface area (Å²) >= 11 is 0. The van der Waals surface area contributed by atoms with Gasteiger partial charge in [0.25, 0.3) is 0 Å². The number of phenolic OH excluding ortho intramolecular Hbond substituents is 1. The topological polar surface area (TPSA) is 113 Å². The third kappa shape index (κ3) is 5.95. The molecule has 2 aliphatic rings. The molecule has 0 aliphatic carbocycles. The lowest BCUT2D eigenvalue weighted by Crippen LogP contribution is -2.47. The van der Waals surface area contributed by atoms with Gasteiger partial charge in [0.1, 0.15) is 5.75 Å². The van der Waals surface area contributed by atoms with Crippen molar-refractivity contribution < 1.29 is 15.0 Å². The Morgan fingerprint density at radius 3 is 2.24 bits per heavy atom. The fraction of sp³-hybridized carbons (Fsp3) is 0.345. The standard InChI is InChI=1S/C29H32N6O3/c36-26-9-4-8-24(20-26)28(35-18-16-34(17-19-35)21-22-6-2-1-3-7-22)23-11-13-25(14-12-23)29(30-32-33-31-29)15-5-10-27(37)38/h1-4,6-9,11-14,20,28,36H,5,10,15-19,21H2,(H,37,38)/t28-/m1/s1. The first kappa shape index (κ1) is 25.7. The van der Waals surface area contributed by atoms with E-state index in [0.29, 0.717) is 12.8 Å². The zero-order chi connectivity index (χ0) is 26.4. The summed E-state index contributed by atoms with van der Waals surface area (Å²) in [5.74, 6) is -0.601. The predicted octanol–water partition coefficient (Wildman–Crippen LogP) is 5.54. The highest BCUT2D eigenvalue weighted by Crippen LogP contribution is 2.39. The van der Waals surface area contributed by atoms with Gasteiger partial charge < -0.3 is 10.2 Å². The van der Waals surface area contributed by atoms with Crippen molar-refractivity contribution in [1.82, 2.24) is 9.80 Å². The Morgan fingerprint density at radius 1 is 0.868 bits per heavy atom. The third-order valence-electron chi connectivity index (χ3n) is 7.27. The van der Waals surface area contributed by atoms with Crippen molar-refractivity contribution in [1.29, 1.82) is 0 Å². The number of carboxylic acids is 1.